The highest BCUT2D eigenvalue weighted by atomic mass is 79.9. The first-order valence-electron chi connectivity index (χ1n) is 6.51. The maximum absolute atomic E-state index is 12.8. The number of hydrogen-bond acceptors (Lipinski definition) is 4. The number of aromatic nitrogens is 1. The highest BCUT2D eigenvalue weighted by molar-refractivity contribution is 9.10. The number of benzene rings is 1. The zero-order valence-electron chi connectivity index (χ0n) is 11.2. The van der Waals surface area contributed by atoms with Crippen LogP contribution in [0.5, 0.6) is 0 Å². The van der Waals surface area contributed by atoms with E-state index < -0.39 is 10.0 Å². The molecular formula is C14H14BrN3O2S. The Morgan fingerprint density at radius 3 is 2.86 bits per heavy atom. The highest BCUT2D eigenvalue weighted by Crippen LogP contribution is 2.35. The summed E-state index contributed by atoms with van der Waals surface area (Å²) in [5.41, 5.74) is 8.17. The van der Waals surface area contributed by atoms with E-state index >= 15 is 0 Å². The molecule has 0 amide bonds. The predicted molar refractivity (Wildman–Crippen MR) is 85.6 cm³/mol. The Morgan fingerprint density at radius 2 is 2.10 bits per heavy atom. The lowest BCUT2D eigenvalue weighted by Crippen LogP contribution is -2.35. The number of nitrogens with two attached hydrogens (primary N) is 1. The topological polar surface area (TPSA) is 76.3 Å². The first kappa shape index (κ1) is 14.3. The van der Waals surface area contributed by atoms with Crippen LogP contribution in [0.1, 0.15) is 12.0 Å². The monoisotopic (exact) mass is 367 g/mol. The first-order valence-corrected chi connectivity index (χ1v) is 8.74. The van der Waals surface area contributed by atoms with Crippen molar-refractivity contribution >= 4 is 37.3 Å². The van der Waals surface area contributed by atoms with E-state index in [-0.39, 0.29) is 4.90 Å². The summed E-state index contributed by atoms with van der Waals surface area (Å²) >= 11 is 3.26. The number of nitrogens with zero attached hydrogens (tertiary/aromatic N) is 2. The molecule has 0 saturated heterocycles. The van der Waals surface area contributed by atoms with Crippen LogP contribution in [0.4, 0.5) is 11.4 Å². The minimum absolute atomic E-state index is 0.173. The van der Waals surface area contributed by atoms with Crippen LogP contribution in [0.15, 0.2) is 46.0 Å². The van der Waals surface area contributed by atoms with Crippen LogP contribution in [0.3, 0.4) is 0 Å². The normalized spacial score (nSPS) is 14.8. The van der Waals surface area contributed by atoms with Crippen molar-refractivity contribution in [3.8, 4) is 0 Å². The summed E-state index contributed by atoms with van der Waals surface area (Å²) in [5, 5.41) is 0. The van der Waals surface area contributed by atoms with Crippen LogP contribution < -0.4 is 10.0 Å². The second-order valence-electron chi connectivity index (χ2n) is 4.86. The molecule has 1 aliphatic rings. The molecular weight excluding hydrogens is 354 g/mol. The number of halogens is 1. The van der Waals surface area contributed by atoms with Crippen LogP contribution >= 0.6 is 15.9 Å². The van der Waals surface area contributed by atoms with Crippen LogP contribution in [-0.2, 0) is 16.4 Å². The van der Waals surface area contributed by atoms with Gasteiger partial charge in [0.25, 0.3) is 10.0 Å². The number of hydrogen-bond donors (Lipinski definition) is 1. The Labute approximate surface area is 132 Å². The molecule has 0 radical (unpaired) electrons. The minimum atomic E-state index is -3.63. The lowest BCUT2D eigenvalue weighted by Gasteiger charge is -2.31. The van der Waals surface area contributed by atoms with E-state index in [2.05, 4.69) is 20.9 Å². The minimum Gasteiger partial charge on any atom is -0.398 e. The van der Waals surface area contributed by atoms with E-state index in [1.807, 2.05) is 0 Å². The number of nitrogen functional groups attached to an aromatic ring is 1. The van der Waals surface area contributed by atoms with Gasteiger partial charge in [-0.1, -0.05) is 6.07 Å². The lowest BCUT2D eigenvalue weighted by atomic mass is 10.0. The summed E-state index contributed by atoms with van der Waals surface area (Å²) in [7, 11) is -3.63. The van der Waals surface area contributed by atoms with E-state index in [4.69, 9.17) is 5.73 Å². The van der Waals surface area contributed by atoms with Gasteiger partial charge in [-0.3, -0.25) is 9.29 Å². The summed E-state index contributed by atoms with van der Waals surface area (Å²) in [5.74, 6) is 0. The second kappa shape index (κ2) is 5.31. The van der Waals surface area contributed by atoms with Crippen molar-refractivity contribution in [1.29, 1.82) is 0 Å². The molecule has 3 rings (SSSR count). The largest absolute Gasteiger partial charge is 0.398 e. The van der Waals surface area contributed by atoms with Gasteiger partial charge in [0.2, 0.25) is 0 Å². The van der Waals surface area contributed by atoms with E-state index in [0.29, 0.717) is 22.4 Å². The average molecular weight is 368 g/mol. The molecule has 1 aliphatic heterocycles. The maximum atomic E-state index is 12.8. The van der Waals surface area contributed by atoms with Crippen molar-refractivity contribution in [2.45, 2.75) is 17.7 Å². The van der Waals surface area contributed by atoms with Gasteiger partial charge in [-0.15, -0.1) is 0 Å². The third kappa shape index (κ3) is 2.51. The Morgan fingerprint density at radius 1 is 1.29 bits per heavy atom. The van der Waals surface area contributed by atoms with Crippen molar-refractivity contribution in [1.82, 2.24) is 4.98 Å². The molecule has 7 heteroatoms. The molecule has 0 spiro atoms. The summed E-state index contributed by atoms with van der Waals surface area (Å²) in [6.45, 7) is 0.450. The predicted octanol–water partition coefficient (Wildman–Crippen LogP) is 2.57. The smallest absolute Gasteiger partial charge is 0.265 e. The van der Waals surface area contributed by atoms with Gasteiger partial charge in [-0.05, 0) is 52.5 Å². The van der Waals surface area contributed by atoms with Gasteiger partial charge < -0.3 is 5.73 Å². The fourth-order valence-electron chi connectivity index (χ4n) is 2.53. The molecule has 2 heterocycles. The summed E-state index contributed by atoms with van der Waals surface area (Å²) < 4.78 is 27.7. The molecule has 2 N–H and O–H groups in total. The van der Waals surface area contributed by atoms with Gasteiger partial charge in [0.15, 0.2) is 0 Å². The highest BCUT2D eigenvalue weighted by Gasteiger charge is 2.30. The average Bonchev–Trinajstić information content (AvgIpc) is 2.47. The van der Waals surface area contributed by atoms with Crippen LogP contribution in [-0.4, -0.2) is 19.9 Å². The SMILES string of the molecule is Nc1cccc2c1CCCN2S(=O)(=O)c1cncc(Br)c1. The molecule has 110 valence electrons. The van der Waals surface area contributed by atoms with Crippen molar-refractivity contribution in [2.24, 2.45) is 0 Å². The van der Waals surface area contributed by atoms with Gasteiger partial charge in [0.1, 0.15) is 4.90 Å². The van der Waals surface area contributed by atoms with E-state index in [9.17, 15) is 8.42 Å². The molecule has 1 aromatic carbocycles. The fourth-order valence-corrected chi connectivity index (χ4v) is 4.57. The summed E-state index contributed by atoms with van der Waals surface area (Å²) in [6.07, 6.45) is 4.47. The number of anilines is 2. The summed E-state index contributed by atoms with van der Waals surface area (Å²) in [6, 6.07) is 6.94. The number of sulfonamides is 1. The molecule has 0 saturated carbocycles. The van der Waals surface area contributed by atoms with E-state index in [0.717, 1.165) is 18.4 Å². The number of fused-ring (bicyclic) bond motifs is 1. The van der Waals surface area contributed by atoms with Gasteiger partial charge in [0, 0.05) is 29.1 Å². The second-order valence-corrected chi connectivity index (χ2v) is 7.64. The van der Waals surface area contributed by atoms with Crippen LogP contribution in [0.2, 0.25) is 0 Å². The van der Waals surface area contributed by atoms with Gasteiger partial charge in [-0.25, -0.2) is 8.42 Å². The number of pyridine rings is 1. The van der Waals surface area contributed by atoms with Crippen LogP contribution in [0.25, 0.3) is 0 Å². The molecule has 1 aromatic heterocycles. The quantitative estimate of drug-likeness (QED) is 0.827. The Balaban J connectivity index is 2.12. The van der Waals surface area contributed by atoms with Crippen LogP contribution in [0, 0.1) is 0 Å². The molecule has 2 aromatic rings. The van der Waals surface area contributed by atoms with Crippen molar-refractivity contribution in [3.05, 3.63) is 46.7 Å². The molecule has 0 fully saturated rings. The third-order valence-corrected chi connectivity index (χ3v) is 5.72. The maximum Gasteiger partial charge on any atom is 0.265 e. The fraction of sp³-hybridized carbons (Fsp3) is 0.214. The third-order valence-electron chi connectivity index (χ3n) is 3.51. The molecule has 5 nitrogen and oxygen atoms in total. The zero-order chi connectivity index (χ0) is 15.0. The van der Waals surface area contributed by atoms with E-state index in [1.165, 1.54) is 10.5 Å². The zero-order valence-corrected chi connectivity index (χ0v) is 13.6. The molecule has 0 aliphatic carbocycles. The summed E-state index contributed by atoms with van der Waals surface area (Å²) in [4.78, 5) is 4.11. The Hall–Kier alpha value is -1.60. The molecule has 21 heavy (non-hydrogen) atoms. The van der Waals surface area contributed by atoms with Gasteiger partial charge >= 0.3 is 0 Å². The van der Waals surface area contributed by atoms with Crippen molar-refractivity contribution < 1.29 is 8.42 Å². The standard InChI is InChI=1S/C14H14BrN3O2S/c15-10-7-11(9-17-8-10)21(19,20)18-6-2-3-12-13(16)4-1-5-14(12)18/h1,4-5,7-9H,2-3,6,16H2. The first-order chi connectivity index (χ1) is 10.00. The number of rotatable bonds is 2. The molecule has 0 bridgehead atoms. The lowest BCUT2D eigenvalue weighted by molar-refractivity contribution is 0.586. The van der Waals surface area contributed by atoms with E-state index in [1.54, 1.807) is 30.5 Å². The van der Waals surface area contributed by atoms with Gasteiger partial charge in [-0.2, -0.15) is 0 Å². The molecule has 0 atom stereocenters. The van der Waals surface area contributed by atoms with Crippen molar-refractivity contribution in [3.63, 3.8) is 0 Å². The van der Waals surface area contributed by atoms with Crippen molar-refractivity contribution in [2.75, 3.05) is 16.6 Å². The molecule has 0 unspecified atom stereocenters. The van der Waals surface area contributed by atoms with Gasteiger partial charge in [0.05, 0.1) is 5.69 Å². The Bertz CT molecular complexity index is 793. The Kier molecular flexibility index (Phi) is 3.62.